The second kappa shape index (κ2) is 4.14. The first kappa shape index (κ1) is 9.66. The molecule has 0 fully saturated rings. The van der Waals surface area contributed by atoms with Gasteiger partial charge in [-0.15, -0.1) is 0 Å². The molecule has 4 heteroatoms. The standard InChI is InChI=1S/C12H10N3S/c1-2-6-15-7-3-4-10(12(15)5-1)11-8-14-16-9-13-11/h1-6H,7,9H2. The molecule has 3 heterocycles. The Morgan fingerprint density at radius 2 is 2.31 bits per heavy atom. The molecule has 0 atom stereocenters. The summed E-state index contributed by atoms with van der Waals surface area (Å²) in [7, 11) is 0. The third kappa shape index (κ3) is 1.65. The molecule has 0 unspecified atom stereocenters. The van der Waals surface area contributed by atoms with Crippen molar-refractivity contribution in [3.8, 4) is 0 Å². The monoisotopic (exact) mass is 228 g/mol. The van der Waals surface area contributed by atoms with Crippen molar-refractivity contribution in [1.29, 1.82) is 0 Å². The smallest absolute Gasteiger partial charge is 0.126 e. The molecule has 3 rings (SSSR count). The fourth-order valence-corrected chi connectivity index (χ4v) is 2.22. The number of fused-ring (bicyclic) bond motifs is 1. The lowest BCUT2D eigenvalue weighted by molar-refractivity contribution is 0.521. The Bertz CT molecular complexity index is 480. The van der Waals surface area contributed by atoms with Crippen molar-refractivity contribution >= 4 is 23.9 Å². The van der Waals surface area contributed by atoms with Gasteiger partial charge in [0.05, 0.1) is 11.4 Å². The topological polar surface area (TPSA) is 28.0 Å². The van der Waals surface area contributed by atoms with Crippen LogP contribution in [0.5, 0.6) is 0 Å². The zero-order valence-electron chi connectivity index (χ0n) is 8.63. The number of aliphatic imine (C=N–C) groups is 1. The van der Waals surface area contributed by atoms with Crippen LogP contribution in [0.1, 0.15) is 0 Å². The molecule has 1 radical (unpaired) electrons. The maximum absolute atomic E-state index is 4.43. The number of nitrogens with zero attached hydrogens (tertiary/aromatic N) is 3. The van der Waals surface area contributed by atoms with E-state index >= 15 is 0 Å². The van der Waals surface area contributed by atoms with E-state index in [2.05, 4.69) is 44.9 Å². The lowest BCUT2D eigenvalue weighted by atomic mass is 10.0. The normalized spacial score (nSPS) is 22.5. The van der Waals surface area contributed by atoms with Gasteiger partial charge >= 0.3 is 0 Å². The van der Waals surface area contributed by atoms with E-state index in [0.717, 1.165) is 17.8 Å². The Hall–Kier alpha value is -1.55. The van der Waals surface area contributed by atoms with Gasteiger partial charge in [-0.3, -0.25) is 4.99 Å². The van der Waals surface area contributed by atoms with Crippen LogP contribution in [-0.4, -0.2) is 29.2 Å². The Labute approximate surface area is 98.8 Å². The Morgan fingerprint density at radius 3 is 3.19 bits per heavy atom. The molecule has 0 N–H and O–H groups in total. The zero-order valence-corrected chi connectivity index (χ0v) is 9.44. The first-order valence-corrected chi connectivity index (χ1v) is 6.04. The van der Waals surface area contributed by atoms with E-state index in [0.29, 0.717) is 5.88 Å². The quantitative estimate of drug-likeness (QED) is 0.644. The minimum absolute atomic E-state index is 0.687. The first-order valence-electron chi connectivity index (χ1n) is 5.10. The van der Waals surface area contributed by atoms with Crippen molar-refractivity contribution in [3.05, 3.63) is 47.9 Å². The minimum Gasteiger partial charge on any atom is -0.344 e. The highest BCUT2D eigenvalue weighted by molar-refractivity contribution is 7.98. The molecular formula is C12H10N3S. The van der Waals surface area contributed by atoms with Crippen molar-refractivity contribution in [2.45, 2.75) is 0 Å². The van der Waals surface area contributed by atoms with Crippen LogP contribution in [0, 0.1) is 0 Å². The van der Waals surface area contributed by atoms with Crippen LogP contribution >= 0.6 is 11.9 Å². The summed E-state index contributed by atoms with van der Waals surface area (Å²) in [5.74, 6) is 0.687. The predicted octanol–water partition coefficient (Wildman–Crippen LogP) is 2.20. The van der Waals surface area contributed by atoms with E-state index < -0.39 is 0 Å². The molecule has 3 aliphatic rings. The van der Waals surface area contributed by atoms with Crippen LogP contribution in [0.3, 0.4) is 0 Å². The summed E-state index contributed by atoms with van der Waals surface area (Å²) in [6.45, 7) is 0.916. The van der Waals surface area contributed by atoms with Crippen molar-refractivity contribution in [1.82, 2.24) is 4.90 Å². The number of hydrogen-bond donors (Lipinski definition) is 0. The highest BCUT2D eigenvalue weighted by Crippen LogP contribution is 2.23. The summed E-state index contributed by atoms with van der Waals surface area (Å²) in [4.78, 5) is 6.62. The Balaban J connectivity index is 2.04. The van der Waals surface area contributed by atoms with Crippen LogP contribution in [0.25, 0.3) is 0 Å². The SMILES string of the molecule is [C]1=NSCN=C1C1=C2C=CC=CN2CC=C1. The fourth-order valence-electron chi connectivity index (χ4n) is 1.83. The maximum atomic E-state index is 4.43. The first-order chi connectivity index (χ1) is 7.95. The molecule has 0 saturated heterocycles. The molecule has 3 aliphatic heterocycles. The molecule has 0 aliphatic carbocycles. The number of hydrogen-bond acceptors (Lipinski definition) is 4. The van der Waals surface area contributed by atoms with Gasteiger partial charge in [0, 0.05) is 18.3 Å². The largest absolute Gasteiger partial charge is 0.344 e. The van der Waals surface area contributed by atoms with Gasteiger partial charge in [-0.25, -0.2) is 4.40 Å². The van der Waals surface area contributed by atoms with E-state index in [9.17, 15) is 0 Å². The summed E-state index contributed by atoms with van der Waals surface area (Å²) >= 11 is 1.43. The molecule has 79 valence electrons. The van der Waals surface area contributed by atoms with Crippen molar-refractivity contribution < 1.29 is 0 Å². The van der Waals surface area contributed by atoms with Gasteiger partial charge in [-0.05, 0) is 24.1 Å². The van der Waals surface area contributed by atoms with E-state index in [1.807, 2.05) is 12.2 Å². The summed E-state index contributed by atoms with van der Waals surface area (Å²) in [6.07, 6.45) is 15.5. The second-order valence-corrected chi connectivity index (χ2v) is 4.22. The lowest BCUT2D eigenvalue weighted by Gasteiger charge is -2.27. The van der Waals surface area contributed by atoms with E-state index in [1.54, 1.807) is 0 Å². The molecule has 0 saturated carbocycles. The molecule has 0 aromatic heterocycles. The van der Waals surface area contributed by atoms with Gasteiger partial charge < -0.3 is 4.90 Å². The molecule has 0 spiro atoms. The lowest BCUT2D eigenvalue weighted by Crippen LogP contribution is -2.24. The predicted molar refractivity (Wildman–Crippen MR) is 68.5 cm³/mol. The average Bonchev–Trinajstić information content (AvgIpc) is 2.39. The molecule has 16 heavy (non-hydrogen) atoms. The second-order valence-electron chi connectivity index (χ2n) is 3.52. The number of rotatable bonds is 1. The third-order valence-corrected chi connectivity index (χ3v) is 3.02. The summed E-state index contributed by atoms with van der Waals surface area (Å²) < 4.78 is 4.08. The molecule has 0 bridgehead atoms. The van der Waals surface area contributed by atoms with Gasteiger partial charge in [-0.1, -0.05) is 18.2 Å². The molecule has 0 aromatic rings. The molecule has 0 amide bonds. The van der Waals surface area contributed by atoms with Crippen LogP contribution < -0.4 is 0 Å². The van der Waals surface area contributed by atoms with Crippen molar-refractivity contribution in [2.75, 3.05) is 12.4 Å². The van der Waals surface area contributed by atoms with Gasteiger partial charge in [0.2, 0.25) is 0 Å². The van der Waals surface area contributed by atoms with Crippen LogP contribution in [0.15, 0.2) is 57.2 Å². The van der Waals surface area contributed by atoms with E-state index in [1.165, 1.54) is 17.6 Å². The van der Waals surface area contributed by atoms with Crippen LogP contribution in [0.2, 0.25) is 0 Å². The zero-order chi connectivity index (χ0) is 10.8. The average molecular weight is 228 g/mol. The Morgan fingerprint density at radius 1 is 1.31 bits per heavy atom. The minimum atomic E-state index is 0.687. The summed E-state index contributed by atoms with van der Waals surface area (Å²) in [5, 5.41) is 0. The van der Waals surface area contributed by atoms with E-state index in [4.69, 9.17) is 0 Å². The van der Waals surface area contributed by atoms with Gasteiger partial charge in [-0.2, -0.15) is 0 Å². The van der Waals surface area contributed by atoms with Crippen molar-refractivity contribution in [2.24, 2.45) is 9.39 Å². The van der Waals surface area contributed by atoms with Crippen molar-refractivity contribution in [3.63, 3.8) is 0 Å². The van der Waals surface area contributed by atoms with Gasteiger partial charge in [0.1, 0.15) is 12.1 Å². The van der Waals surface area contributed by atoms with Gasteiger partial charge in [0.15, 0.2) is 0 Å². The molecule has 3 nitrogen and oxygen atoms in total. The Kier molecular flexibility index (Phi) is 2.50. The highest BCUT2D eigenvalue weighted by Gasteiger charge is 2.18. The fraction of sp³-hybridized carbons (Fsp3) is 0.167. The maximum Gasteiger partial charge on any atom is 0.126 e. The number of allylic oxidation sites excluding steroid dienone is 5. The summed E-state index contributed by atoms with van der Waals surface area (Å²) in [6, 6.07) is 0. The molecular weight excluding hydrogens is 218 g/mol. The molecule has 0 aromatic carbocycles. The van der Waals surface area contributed by atoms with E-state index in [-0.39, 0.29) is 0 Å². The van der Waals surface area contributed by atoms with Crippen LogP contribution in [0.4, 0.5) is 0 Å². The third-order valence-electron chi connectivity index (χ3n) is 2.55. The van der Waals surface area contributed by atoms with Crippen LogP contribution in [-0.2, 0) is 0 Å². The summed E-state index contributed by atoms with van der Waals surface area (Å²) in [5.41, 5.74) is 3.14. The van der Waals surface area contributed by atoms with Gasteiger partial charge in [0.25, 0.3) is 0 Å². The highest BCUT2D eigenvalue weighted by atomic mass is 32.2.